The van der Waals surface area contributed by atoms with E-state index in [0.717, 1.165) is 12.8 Å². The fourth-order valence-electron chi connectivity index (χ4n) is 3.31. The van der Waals surface area contributed by atoms with E-state index in [9.17, 15) is 13.2 Å². The number of nitrogens with zero attached hydrogens (tertiary/aromatic N) is 2. The number of carbonyl (C=O) groups is 1. The molecule has 0 unspecified atom stereocenters. The number of rotatable bonds is 4. The molecule has 0 bridgehead atoms. The molecule has 0 radical (unpaired) electrons. The summed E-state index contributed by atoms with van der Waals surface area (Å²) in [6.07, 6.45) is 2.07. The van der Waals surface area contributed by atoms with Crippen molar-refractivity contribution in [2.75, 3.05) is 24.4 Å². The first-order valence-corrected chi connectivity index (χ1v) is 10.8. The maximum absolute atomic E-state index is 12.9. The molecule has 0 aromatic heterocycles. The van der Waals surface area contributed by atoms with Gasteiger partial charge in [0.25, 0.3) is 15.9 Å². The molecule has 27 heavy (non-hydrogen) atoms. The fraction of sp³-hybridized carbons (Fsp3) is 0.350. The van der Waals surface area contributed by atoms with E-state index in [1.54, 1.807) is 53.4 Å². The Bertz CT molecular complexity index is 931. The molecule has 1 amide bonds. The molecule has 5 nitrogen and oxygen atoms in total. The molecule has 7 heteroatoms. The lowest BCUT2D eigenvalue weighted by Gasteiger charge is -2.31. The van der Waals surface area contributed by atoms with Crippen molar-refractivity contribution in [1.82, 2.24) is 4.90 Å². The summed E-state index contributed by atoms with van der Waals surface area (Å²) in [4.78, 5) is 14.9. The normalized spacial score (nSPS) is 17.6. The number of halogens is 1. The summed E-state index contributed by atoms with van der Waals surface area (Å²) in [5.74, 6) is 0.296. The summed E-state index contributed by atoms with van der Waals surface area (Å²) in [6, 6.07) is 12.9. The molecular weight excluding hydrogens is 384 g/mol. The van der Waals surface area contributed by atoms with Gasteiger partial charge < -0.3 is 4.90 Å². The lowest BCUT2D eigenvalue weighted by molar-refractivity contribution is 0.0683. The van der Waals surface area contributed by atoms with Gasteiger partial charge in [0.15, 0.2) is 0 Å². The van der Waals surface area contributed by atoms with Crippen molar-refractivity contribution in [2.24, 2.45) is 5.92 Å². The van der Waals surface area contributed by atoms with E-state index in [-0.39, 0.29) is 10.8 Å². The highest BCUT2D eigenvalue weighted by Gasteiger charge is 2.26. The summed E-state index contributed by atoms with van der Waals surface area (Å²) < 4.78 is 26.9. The van der Waals surface area contributed by atoms with E-state index in [1.165, 1.54) is 11.4 Å². The van der Waals surface area contributed by atoms with Gasteiger partial charge in [-0.15, -0.1) is 0 Å². The lowest BCUT2D eigenvalue weighted by Crippen LogP contribution is -2.39. The van der Waals surface area contributed by atoms with Gasteiger partial charge in [0.05, 0.1) is 21.2 Å². The number of sulfonamides is 1. The molecule has 2 aromatic carbocycles. The van der Waals surface area contributed by atoms with Gasteiger partial charge in [-0.05, 0) is 49.1 Å². The summed E-state index contributed by atoms with van der Waals surface area (Å²) in [7, 11) is -2.24. The number of hydrogen-bond donors (Lipinski definition) is 0. The van der Waals surface area contributed by atoms with Crippen LogP contribution in [0.25, 0.3) is 0 Å². The zero-order chi connectivity index (χ0) is 19.6. The first-order valence-electron chi connectivity index (χ1n) is 8.93. The molecule has 1 fully saturated rings. The van der Waals surface area contributed by atoms with Crippen LogP contribution in [0.5, 0.6) is 0 Å². The zero-order valence-corrected chi connectivity index (χ0v) is 17.0. The number of anilines is 1. The summed E-state index contributed by atoms with van der Waals surface area (Å²) in [5, 5.41) is 0.326. The van der Waals surface area contributed by atoms with Crippen molar-refractivity contribution in [2.45, 2.75) is 24.7 Å². The molecule has 0 aliphatic carbocycles. The average Bonchev–Trinajstić information content (AvgIpc) is 2.68. The molecule has 1 aliphatic rings. The van der Waals surface area contributed by atoms with Crippen LogP contribution in [0.4, 0.5) is 5.69 Å². The van der Waals surface area contributed by atoms with Crippen LogP contribution in [0.2, 0.25) is 5.02 Å². The van der Waals surface area contributed by atoms with Gasteiger partial charge in [0.1, 0.15) is 0 Å². The average molecular weight is 407 g/mol. The minimum absolute atomic E-state index is 0.154. The molecule has 0 spiro atoms. The number of amides is 1. The molecule has 1 atom stereocenters. The number of hydrogen-bond acceptors (Lipinski definition) is 3. The van der Waals surface area contributed by atoms with Crippen molar-refractivity contribution in [3.8, 4) is 0 Å². The Morgan fingerprint density at radius 1 is 1.19 bits per heavy atom. The molecule has 0 N–H and O–H groups in total. The Kier molecular flexibility index (Phi) is 5.77. The number of piperidine rings is 1. The third kappa shape index (κ3) is 4.12. The Morgan fingerprint density at radius 2 is 1.89 bits per heavy atom. The summed E-state index contributed by atoms with van der Waals surface area (Å²) in [5.41, 5.74) is 0.732. The van der Waals surface area contributed by atoms with Gasteiger partial charge in [0.2, 0.25) is 0 Å². The van der Waals surface area contributed by atoms with E-state index >= 15 is 0 Å². The zero-order valence-electron chi connectivity index (χ0n) is 15.4. The second-order valence-corrected chi connectivity index (χ2v) is 9.32. The third-order valence-electron chi connectivity index (χ3n) is 4.89. The highest BCUT2D eigenvalue weighted by atomic mass is 35.5. The van der Waals surface area contributed by atoms with Crippen LogP contribution in [0.1, 0.15) is 30.1 Å². The van der Waals surface area contributed by atoms with E-state index < -0.39 is 10.0 Å². The summed E-state index contributed by atoms with van der Waals surface area (Å²) in [6.45, 7) is 3.51. The second kappa shape index (κ2) is 7.90. The predicted octanol–water partition coefficient (Wildman–Crippen LogP) is 4.04. The van der Waals surface area contributed by atoms with Crippen LogP contribution < -0.4 is 4.31 Å². The predicted molar refractivity (Wildman–Crippen MR) is 108 cm³/mol. The summed E-state index contributed by atoms with van der Waals surface area (Å²) >= 11 is 6.27. The van der Waals surface area contributed by atoms with E-state index in [1.807, 2.05) is 0 Å². The van der Waals surface area contributed by atoms with Gasteiger partial charge in [-0.1, -0.05) is 36.7 Å². The Labute approximate surface area is 165 Å². The molecule has 1 heterocycles. The van der Waals surface area contributed by atoms with Crippen molar-refractivity contribution in [3.05, 3.63) is 59.1 Å². The largest absolute Gasteiger partial charge is 0.338 e. The number of benzene rings is 2. The van der Waals surface area contributed by atoms with E-state index in [0.29, 0.717) is 35.3 Å². The van der Waals surface area contributed by atoms with Crippen molar-refractivity contribution in [1.29, 1.82) is 0 Å². The maximum atomic E-state index is 12.9. The van der Waals surface area contributed by atoms with Crippen LogP contribution in [0.15, 0.2) is 53.4 Å². The smallest absolute Gasteiger partial charge is 0.264 e. The fourth-order valence-corrected chi connectivity index (χ4v) is 4.71. The van der Waals surface area contributed by atoms with Crippen molar-refractivity contribution >= 4 is 33.2 Å². The van der Waals surface area contributed by atoms with Gasteiger partial charge in [-0.25, -0.2) is 8.42 Å². The first-order chi connectivity index (χ1) is 12.8. The molecule has 1 aliphatic heterocycles. The first kappa shape index (κ1) is 19.7. The lowest BCUT2D eigenvalue weighted by atomic mass is 9.99. The molecule has 3 rings (SSSR count). The van der Waals surface area contributed by atoms with Gasteiger partial charge in [0, 0.05) is 20.1 Å². The number of likely N-dealkylation sites (tertiary alicyclic amines) is 1. The molecule has 0 saturated carbocycles. The highest BCUT2D eigenvalue weighted by molar-refractivity contribution is 7.92. The quantitative estimate of drug-likeness (QED) is 0.769. The third-order valence-corrected chi connectivity index (χ3v) is 7.02. The Hall–Kier alpha value is -2.05. The minimum atomic E-state index is -3.72. The number of carbonyl (C=O) groups excluding carboxylic acids is 1. The van der Waals surface area contributed by atoms with Gasteiger partial charge >= 0.3 is 0 Å². The Morgan fingerprint density at radius 3 is 2.56 bits per heavy atom. The van der Waals surface area contributed by atoms with Gasteiger partial charge in [-0.2, -0.15) is 0 Å². The van der Waals surface area contributed by atoms with Crippen molar-refractivity contribution in [3.63, 3.8) is 0 Å². The van der Waals surface area contributed by atoms with E-state index in [4.69, 9.17) is 11.6 Å². The van der Waals surface area contributed by atoms with Crippen LogP contribution in [0.3, 0.4) is 0 Å². The maximum Gasteiger partial charge on any atom is 0.264 e. The molecule has 2 aromatic rings. The Balaban J connectivity index is 1.92. The topological polar surface area (TPSA) is 57.7 Å². The molecule has 144 valence electrons. The van der Waals surface area contributed by atoms with Crippen LogP contribution in [-0.2, 0) is 10.0 Å². The minimum Gasteiger partial charge on any atom is -0.338 e. The van der Waals surface area contributed by atoms with E-state index in [2.05, 4.69) is 6.92 Å². The van der Waals surface area contributed by atoms with Crippen LogP contribution in [-0.4, -0.2) is 39.4 Å². The van der Waals surface area contributed by atoms with Crippen LogP contribution >= 0.6 is 11.6 Å². The second-order valence-electron chi connectivity index (χ2n) is 6.95. The van der Waals surface area contributed by atoms with Gasteiger partial charge in [-0.3, -0.25) is 9.10 Å². The monoisotopic (exact) mass is 406 g/mol. The SMILES string of the molecule is C[C@@H]1CCCN(C(=O)c2cc(N(C)S(=O)(=O)c3ccccc3)ccc2Cl)C1. The van der Waals surface area contributed by atoms with Crippen molar-refractivity contribution < 1.29 is 13.2 Å². The standard InChI is InChI=1S/C20H23ClN2O3S/c1-15-7-6-12-23(14-15)20(24)18-13-16(10-11-19(18)21)22(2)27(25,26)17-8-4-3-5-9-17/h3-5,8-11,13,15H,6-7,12,14H2,1-2H3/t15-/m1/s1. The highest BCUT2D eigenvalue weighted by Crippen LogP contribution is 2.28. The molecular formula is C20H23ClN2O3S. The molecule has 1 saturated heterocycles. The van der Waals surface area contributed by atoms with Crippen LogP contribution in [0, 0.1) is 5.92 Å².